The molecule has 29 heavy (non-hydrogen) atoms. The Morgan fingerprint density at radius 2 is 2.17 bits per heavy atom. The molecule has 2 N–H and O–H groups in total. The molecule has 7 nitrogen and oxygen atoms in total. The van der Waals surface area contributed by atoms with Gasteiger partial charge in [-0.1, -0.05) is 18.2 Å². The average Bonchev–Trinajstić information content (AvgIpc) is 3.31. The molecule has 1 amide bonds. The van der Waals surface area contributed by atoms with Gasteiger partial charge >= 0.3 is 0 Å². The summed E-state index contributed by atoms with van der Waals surface area (Å²) >= 11 is 0. The first-order chi connectivity index (χ1) is 14.2. The molecule has 3 aromatic heterocycles. The molecular weight excluding hydrogens is 366 g/mol. The second-order valence-electron chi connectivity index (χ2n) is 7.25. The van der Waals surface area contributed by atoms with Gasteiger partial charge in [-0.25, -0.2) is 9.97 Å². The van der Waals surface area contributed by atoms with E-state index in [1.807, 2.05) is 53.2 Å². The van der Waals surface area contributed by atoms with Crippen LogP contribution in [0.15, 0.2) is 54.9 Å². The number of amides is 1. The smallest absolute Gasteiger partial charge is 0.271 e. The SMILES string of the molecule is COc1cccc([C@H]2CNC(=O)c3nc(Cc4cnc5ccccn45)[nH]c3C2)c1. The topological polar surface area (TPSA) is 84.3 Å². The Bertz CT molecular complexity index is 1190. The molecule has 4 aromatic rings. The van der Waals surface area contributed by atoms with Crippen molar-refractivity contribution in [1.29, 1.82) is 0 Å². The minimum Gasteiger partial charge on any atom is -0.497 e. The summed E-state index contributed by atoms with van der Waals surface area (Å²) in [4.78, 5) is 25.0. The van der Waals surface area contributed by atoms with E-state index >= 15 is 0 Å². The zero-order chi connectivity index (χ0) is 19.8. The molecule has 0 unspecified atom stereocenters. The number of aromatic nitrogens is 4. The van der Waals surface area contributed by atoms with Crippen molar-refractivity contribution in [3.63, 3.8) is 0 Å². The average molecular weight is 387 g/mol. The van der Waals surface area contributed by atoms with Crippen LogP contribution in [-0.2, 0) is 12.8 Å². The van der Waals surface area contributed by atoms with Crippen molar-refractivity contribution in [3.05, 3.63) is 83.3 Å². The number of pyridine rings is 1. The zero-order valence-corrected chi connectivity index (χ0v) is 16.1. The van der Waals surface area contributed by atoms with Gasteiger partial charge in [0.1, 0.15) is 22.9 Å². The van der Waals surface area contributed by atoms with Gasteiger partial charge < -0.3 is 19.4 Å². The van der Waals surface area contributed by atoms with E-state index in [9.17, 15) is 4.79 Å². The molecule has 0 aliphatic carbocycles. The largest absolute Gasteiger partial charge is 0.497 e. The van der Waals surface area contributed by atoms with Crippen LogP contribution >= 0.6 is 0 Å². The molecule has 0 spiro atoms. The minimum absolute atomic E-state index is 0.133. The summed E-state index contributed by atoms with van der Waals surface area (Å²) in [5, 5.41) is 3.01. The Kier molecular flexibility index (Phi) is 4.27. The summed E-state index contributed by atoms with van der Waals surface area (Å²) in [5.41, 5.74) is 4.41. The van der Waals surface area contributed by atoms with Crippen molar-refractivity contribution in [2.75, 3.05) is 13.7 Å². The fraction of sp³-hybridized carbons (Fsp3) is 0.227. The summed E-state index contributed by atoms with van der Waals surface area (Å²) in [7, 11) is 1.66. The first-order valence-corrected chi connectivity index (χ1v) is 9.62. The van der Waals surface area contributed by atoms with Crippen LogP contribution in [0.25, 0.3) is 5.65 Å². The summed E-state index contributed by atoms with van der Waals surface area (Å²) in [6.45, 7) is 0.568. The molecule has 1 aliphatic heterocycles. The Morgan fingerprint density at radius 1 is 1.24 bits per heavy atom. The maximum Gasteiger partial charge on any atom is 0.271 e. The van der Waals surface area contributed by atoms with Gasteiger partial charge in [0.2, 0.25) is 0 Å². The fourth-order valence-corrected chi connectivity index (χ4v) is 3.92. The van der Waals surface area contributed by atoms with Crippen LogP contribution in [0.4, 0.5) is 0 Å². The van der Waals surface area contributed by atoms with Gasteiger partial charge in [0.25, 0.3) is 5.91 Å². The number of imidazole rings is 2. The molecule has 1 aliphatic rings. The lowest BCUT2D eigenvalue weighted by Crippen LogP contribution is -2.26. The highest BCUT2D eigenvalue weighted by atomic mass is 16.5. The summed E-state index contributed by atoms with van der Waals surface area (Å²) in [5.74, 6) is 1.60. The van der Waals surface area contributed by atoms with Gasteiger partial charge in [0.15, 0.2) is 0 Å². The highest BCUT2D eigenvalue weighted by Gasteiger charge is 2.26. The Morgan fingerprint density at radius 3 is 3.07 bits per heavy atom. The number of carbonyl (C=O) groups is 1. The lowest BCUT2D eigenvalue weighted by Gasteiger charge is -2.15. The first kappa shape index (κ1) is 17.5. The summed E-state index contributed by atoms with van der Waals surface area (Å²) in [6, 6.07) is 13.9. The third kappa shape index (κ3) is 3.24. The number of hydrogen-bond acceptors (Lipinski definition) is 4. The van der Waals surface area contributed by atoms with Crippen LogP contribution < -0.4 is 10.1 Å². The van der Waals surface area contributed by atoms with Crippen LogP contribution in [0.2, 0.25) is 0 Å². The Labute approximate surface area is 167 Å². The molecule has 146 valence electrons. The lowest BCUT2D eigenvalue weighted by molar-refractivity contribution is 0.0950. The number of fused-ring (bicyclic) bond motifs is 2. The molecule has 0 bridgehead atoms. The van der Waals surface area contributed by atoms with Gasteiger partial charge in [0.05, 0.1) is 7.11 Å². The summed E-state index contributed by atoms with van der Waals surface area (Å²) in [6.07, 6.45) is 5.12. The molecule has 5 rings (SSSR count). The normalized spacial score (nSPS) is 16.3. The quantitative estimate of drug-likeness (QED) is 0.564. The number of benzene rings is 1. The van der Waals surface area contributed by atoms with Gasteiger partial charge in [-0.3, -0.25) is 4.79 Å². The number of H-pyrrole nitrogens is 1. The van der Waals surface area contributed by atoms with Crippen LogP contribution in [0.1, 0.15) is 39.2 Å². The van der Waals surface area contributed by atoms with Crippen molar-refractivity contribution < 1.29 is 9.53 Å². The van der Waals surface area contributed by atoms with Crippen molar-refractivity contribution in [3.8, 4) is 5.75 Å². The van der Waals surface area contributed by atoms with Crippen LogP contribution in [0, 0.1) is 0 Å². The molecule has 0 fully saturated rings. The van der Waals surface area contributed by atoms with Gasteiger partial charge in [-0.05, 0) is 36.2 Å². The van der Waals surface area contributed by atoms with E-state index in [0.29, 0.717) is 25.1 Å². The van der Waals surface area contributed by atoms with Crippen LogP contribution in [0.3, 0.4) is 0 Å². The van der Waals surface area contributed by atoms with E-state index in [0.717, 1.165) is 34.2 Å². The fourth-order valence-electron chi connectivity index (χ4n) is 3.92. The number of carbonyl (C=O) groups excluding carboxylic acids is 1. The number of ether oxygens (including phenoxy) is 1. The molecule has 0 saturated carbocycles. The molecule has 7 heteroatoms. The van der Waals surface area contributed by atoms with Gasteiger partial charge in [-0.2, -0.15) is 0 Å². The van der Waals surface area contributed by atoms with Crippen LogP contribution in [0.5, 0.6) is 5.75 Å². The van der Waals surface area contributed by atoms with Gasteiger partial charge in [0, 0.05) is 42.7 Å². The molecular formula is C22H21N5O2. The highest BCUT2D eigenvalue weighted by molar-refractivity contribution is 5.94. The Hall–Kier alpha value is -3.61. The predicted octanol–water partition coefficient (Wildman–Crippen LogP) is 2.73. The second-order valence-corrected chi connectivity index (χ2v) is 7.25. The van der Waals surface area contributed by atoms with Crippen LogP contribution in [-0.4, -0.2) is 38.9 Å². The van der Waals surface area contributed by atoms with E-state index < -0.39 is 0 Å². The van der Waals surface area contributed by atoms with Crippen molar-refractivity contribution in [1.82, 2.24) is 24.7 Å². The standard InChI is InChI=1S/C22H21N5O2/c1-29-17-6-4-5-14(9-17)15-10-18-21(22(28)24-12-15)26-19(25-18)11-16-13-23-20-7-2-3-8-27(16)20/h2-9,13,15H,10-12H2,1H3,(H,24,28)(H,25,26)/t15-/m1/s1. The Balaban J connectivity index is 1.44. The number of nitrogens with one attached hydrogen (secondary N) is 2. The highest BCUT2D eigenvalue weighted by Crippen LogP contribution is 2.27. The maximum atomic E-state index is 12.6. The number of nitrogens with zero attached hydrogens (tertiary/aromatic N) is 3. The lowest BCUT2D eigenvalue weighted by atomic mass is 9.94. The van der Waals surface area contributed by atoms with Crippen molar-refractivity contribution >= 4 is 11.6 Å². The first-order valence-electron chi connectivity index (χ1n) is 9.62. The van der Waals surface area contributed by atoms with Crippen molar-refractivity contribution in [2.45, 2.75) is 18.8 Å². The maximum absolute atomic E-state index is 12.6. The van der Waals surface area contributed by atoms with E-state index in [1.54, 1.807) is 7.11 Å². The zero-order valence-electron chi connectivity index (χ0n) is 16.1. The number of hydrogen-bond donors (Lipinski definition) is 2. The number of methoxy groups -OCH3 is 1. The van der Waals surface area contributed by atoms with E-state index in [2.05, 4.69) is 26.3 Å². The predicted molar refractivity (Wildman–Crippen MR) is 108 cm³/mol. The number of rotatable bonds is 4. The van der Waals surface area contributed by atoms with E-state index in [1.165, 1.54) is 0 Å². The molecule has 4 heterocycles. The van der Waals surface area contributed by atoms with E-state index in [4.69, 9.17) is 4.74 Å². The van der Waals surface area contributed by atoms with Crippen molar-refractivity contribution in [2.24, 2.45) is 0 Å². The molecule has 1 aromatic carbocycles. The number of aromatic amines is 1. The monoisotopic (exact) mass is 387 g/mol. The summed E-state index contributed by atoms with van der Waals surface area (Å²) < 4.78 is 7.38. The third-order valence-electron chi connectivity index (χ3n) is 5.41. The second kappa shape index (κ2) is 7.09. The van der Waals surface area contributed by atoms with Gasteiger partial charge in [-0.15, -0.1) is 0 Å². The molecule has 0 saturated heterocycles. The third-order valence-corrected chi connectivity index (χ3v) is 5.41. The minimum atomic E-state index is -0.133. The van der Waals surface area contributed by atoms with E-state index in [-0.39, 0.29) is 11.8 Å². The molecule has 1 atom stereocenters. The molecule has 0 radical (unpaired) electrons.